The van der Waals surface area contributed by atoms with Gasteiger partial charge in [-0.05, 0) is 11.6 Å². The maximum atomic E-state index is 13.1. The number of nitro groups is 1. The van der Waals surface area contributed by atoms with Gasteiger partial charge in [0.1, 0.15) is 0 Å². The van der Waals surface area contributed by atoms with E-state index in [1.54, 1.807) is 30.3 Å². The van der Waals surface area contributed by atoms with E-state index in [4.69, 9.17) is 0 Å². The number of hydrogen-bond acceptors (Lipinski definition) is 2. The molecule has 0 spiro atoms. The third-order valence-electron chi connectivity index (χ3n) is 2.32. The molecule has 0 saturated heterocycles. The van der Waals surface area contributed by atoms with Gasteiger partial charge in [-0.15, -0.1) is 0 Å². The Morgan fingerprint density at radius 2 is 1.59 bits per heavy atom. The van der Waals surface area contributed by atoms with Gasteiger partial charge in [0.25, 0.3) is 5.69 Å². The van der Waals surface area contributed by atoms with E-state index in [1.807, 2.05) is 0 Å². The largest absolute Gasteiger partial charge is 0.280 e. The maximum absolute atomic E-state index is 13.1. The molecular formula is C12H7F2NO2. The van der Waals surface area contributed by atoms with E-state index in [0.29, 0.717) is 11.6 Å². The van der Waals surface area contributed by atoms with E-state index in [2.05, 4.69) is 0 Å². The second kappa shape index (κ2) is 4.29. The zero-order chi connectivity index (χ0) is 12.4. The highest BCUT2D eigenvalue weighted by Crippen LogP contribution is 2.31. The first-order chi connectivity index (χ1) is 8.09. The molecule has 0 aliphatic carbocycles. The lowest BCUT2D eigenvalue weighted by atomic mass is 10.0. The Balaban J connectivity index is 2.68. The molecule has 0 amide bonds. The molecule has 17 heavy (non-hydrogen) atoms. The topological polar surface area (TPSA) is 43.1 Å². The Labute approximate surface area is 95.5 Å². The fourth-order valence-corrected chi connectivity index (χ4v) is 1.54. The zero-order valence-corrected chi connectivity index (χ0v) is 8.56. The van der Waals surface area contributed by atoms with Gasteiger partial charge in [-0.2, -0.15) is 0 Å². The van der Waals surface area contributed by atoms with Crippen molar-refractivity contribution >= 4 is 5.69 Å². The van der Waals surface area contributed by atoms with Crippen molar-refractivity contribution in [2.75, 3.05) is 0 Å². The number of nitrogens with zero attached hydrogens (tertiary/aromatic N) is 1. The molecule has 2 aromatic carbocycles. The van der Waals surface area contributed by atoms with E-state index < -0.39 is 22.2 Å². The maximum Gasteiger partial charge on any atom is 0.280 e. The smallest absolute Gasteiger partial charge is 0.258 e. The second-order valence-electron chi connectivity index (χ2n) is 3.41. The number of halogens is 2. The molecule has 86 valence electrons. The molecule has 0 N–H and O–H groups in total. The van der Waals surface area contributed by atoms with Crippen molar-refractivity contribution in [3.05, 3.63) is 64.2 Å². The zero-order valence-electron chi connectivity index (χ0n) is 8.56. The summed E-state index contributed by atoms with van der Waals surface area (Å²) in [7, 11) is 0. The summed E-state index contributed by atoms with van der Waals surface area (Å²) in [6, 6.07) is 9.69. The quantitative estimate of drug-likeness (QED) is 0.590. The molecule has 2 rings (SSSR count). The van der Waals surface area contributed by atoms with Crippen LogP contribution in [-0.4, -0.2) is 4.92 Å². The van der Waals surface area contributed by atoms with Crippen LogP contribution in [0.2, 0.25) is 0 Å². The van der Waals surface area contributed by atoms with Crippen LogP contribution in [0.1, 0.15) is 0 Å². The molecule has 0 unspecified atom stereocenters. The number of nitro benzene ring substituents is 1. The minimum Gasteiger partial charge on any atom is -0.258 e. The van der Waals surface area contributed by atoms with Gasteiger partial charge in [-0.3, -0.25) is 10.1 Å². The first-order valence-electron chi connectivity index (χ1n) is 4.78. The molecule has 0 aromatic heterocycles. The molecule has 0 heterocycles. The Hall–Kier alpha value is -2.30. The number of rotatable bonds is 2. The lowest BCUT2D eigenvalue weighted by Crippen LogP contribution is -1.95. The van der Waals surface area contributed by atoms with Crippen LogP contribution in [0.5, 0.6) is 0 Å². The van der Waals surface area contributed by atoms with Gasteiger partial charge in [0, 0.05) is 0 Å². The highest BCUT2D eigenvalue weighted by Gasteiger charge is 2.19. The third kappa shape index (κ3) is 2.13. The van der Waals surface area contributed by atoms with E-state index in [0.717, 1.165) is 6.07 Å². The molecule has 0 bridgehead atoms. The van der Waals surface area contributed by atoms with Crippen LogP contribution in [0.25, 0.3) is 11.1 Å². The Morgan fingerprint density at radius 1 is 1.00 bits per heavy atom. The molecule has 2 aromatic rings. The normalized spacial score (nSPS) is 10.2. The molecule has 0 fully saturated rings. The van der Waals surface area contributed by atoms with Crippen molar-refractivity contribution in [2.24, 2.45) is 0 Å². The van der Waals surface area contributed by atoms with Crippen molar-refractivity contribution in [3.63, 3.8) is 0 Å². The predicted octanol–water partition coefficient (Wildman–Crippen LogP) is 3.54. The first kappa shape index (κ1) is 11.2. The Morgan fingerprint density at radius 3 is 2.18 bits per heavy atom. The summed E-state index contributed by atoms with van der Waals surface area (Å²) < 4.78 is 26.1. The van der Waals surface area contributed by atoms with Crippen molar-refractivity contribution in [1.29, 1.82) is 0 Å². The summed E-state index contributed by atoms with van der Waals surface area (Å²) in [6.07, 6.45) is 0. The van der Waals surface area contributed by atoms with Gasteiger partial charge in [0.15, 0.2) is 11.6 Å². The van der Waals surface area contributed by atoms with Crippen LogP contribution in [-0.2, 0) is 0 Å². The van der Waals surface area contributed by atoms with E-state index in [9.17, 15) is 18.9 Å². The van der Waals surface area contributed by atoms with Crippen molar-refractivity contribution in [1.82, 2.24) is 0 Å². The molecule has 0 aliphatic rings. The second-order valence-corrected chi connectivity index (χ2v) is 3.41. The van der Waals surface area contributed by atoms with Crippen molar-refractivity contribution < 1.29 is 13.7 Å². The fraction of sp³-hybridized carbons (Fsp3) is 0. The van der Waals surface area contributed by atoms with Gasteiger partial charge in [0.05, 0.1) is 16.6 Å². The molecule has 0 aliphatic heterocycles. The third-order valence-corrected chi connectivity index (χ3v) is 2.32. The summed E-state index contributed by atoms with van der Waals surface area (Å²) in [5.41, 5.74) is 0.0858. The molecule has 3 nitrogen and oxygen atoms in total. The SMILES string of the molecule is O=[N+]([O-])c1cc(F)c(F)cc1-c1ccccc1. The van der Waals surface area contributed by atoms with E-state index in [-0.39, 0.29) is 5.56 Å². The van der Waals surface area contributed by atoms with Crippen LogP contribution in [0.3, 0.4) is 0 Å². The number of benzene rings is 2. The van der Waals surface area contributed by atoms with Crippen molar-refractivity contribution in [3.8, 4) is 11.1 Å². The fourth-order valence-electron chi connectivity index (χ4n) is 1.54. The summed E-state index contributed by atoms with van der Waals surface area (Å²) in [5.74, 6) is -2.33. The van der Waals surface area contributed by atoms with Crippen molar-refractivity contribution in [2.45, 2.75) is 0 Å². The van der Waals surface area contributed by atoms with Gasteiger partial charge in [-0.25, -0.2) is 8.78 Å². The van der Waals surface area contributed by atoms with E-state index >= 15 is 0 Å². The van der Waals surface area contributed by atoms with Gasteiger partial charge < -0.3 is 0 Å². The Bertz CT molecular complexity index is 570. The number of hydrogen-bond donors (Lipinski definition) is 0. The molecular weight excluding hydrogens is 228 g/mol. The summed E-state index contributed by atoms with van der Waals surface area (Å²) >= 11 is 0. The molecule has 5 heteroatoms. The summed E-state index contributed by atoms with van der Waals surface area (Å²) in [4.78, 5) is 10.0. The van der Waals surface area contributed by atoms with E-state index in [1.165, 1.54) is 0 Å². The lowest BCUT2D eigenvalue weighted by Gasteiger charge is -2.03. The van der Waals surface area contributed by atoms with Crippen LogP contribution >= 0.6 is 0 Å². The summed E-state index contributed by atoms with van der Waals surface area (Å²) in [6.45, 7) is 0. The first-order valence-corrected chi connectivity index (χ1v) is 4.78. The summed E-state index contributed by atoms with van der Waals surface area (Å²) in [5, 5.41) is 10.8. The molecule has 0 radical (unpaired) electrons. The molecule has 0 saturated carbocycles. The van der Waals surface area contributed by atoms with Crippen LogP contribution in [0.4, 0.5) is 14.5 Å². The monoisotopic (exact) mass is 235 g/mol. The average molecular weight is 235 g/mol. The van der Waals surface area contributed by atoms with Crippen LogP contribution in [0, 0.1) is 21.7 Å². The Kier molecular flexibility index (Phi) is 2.82. The minimum absolute atomic E-state index is 0.0644. The highest BCUT2D eigenvalue weighted by atomic mass is 19.2. The molecule has 0 atom stereocenters. The van der Waals surface area contributed by atoms with Gasteiger partial charge >= 0.3 is 0 Å². The minimum atomic E-state index is -1.23. The predicted molar refractivity (Wildman–Crippen MR) is 58.4 cm³/mol. The van der Waals surface area contributed by atoms with Crippen LogP contribution in [0.15, 0.2) is 42.5 Å². The van der Waals surface area contributed by atoms with Gasteiger partial charge in [-0.1, -0.05) is 30.3 Å². The average Bonchev–Trinajstić information content (AvgIpc) is 2.33. The van der Waals surface area contributed by atoms with Crippen LogP contribution < -0.4 is 0 Å². The van der Waals surface area contributed by atoms with Gasteiger partial charge in [0.2, 0.25) is 0 Å². The lowest BCUT2D eigenvalue weighted by molar-refractivity contribution is -0.384. The standard InChI is InChI=1S/C12H7F2NO2/c13-10-6-9(8-4-2-1-3-5-8)12(15(16)17)7-11(10)14/h1-7H. The highest BCUT2D eigenvalue weighted by molar-refractivity contribution is 5.73.